The van der Waals surface area contributed by atoms with E-state index in [1.807, 2.05) is 0 Å². The Hall–Kier alpha value is -1.25. The van der Waals surface area contributed by atoms with Gasteiger partial charge in [-0.3, -0.25) is 9.78 Å². The summed E-state index contributed by atoms with van der Waals surface area (Å²) in [5.41, 5.74) is -0.199. The fraction of sp³-hybridized carbons (Fsp3) is 0.111. The molecule has 0 aromatic carbocycles. The van der Waals surface area contributed by atoms with Crippen molar-refractivity contribution in [2.24, 2.45) is 0 Å². The molecule has 1 heterocycles. The topological polar surface area (TPSA) is 53.0 Å². The van der Waals surface area contributed by atoms with Crippen molar-refractivity contribution in [3.63, 3.8) is 0 Å². The minimum atomic E-state index is -5.02. The van der Waals surface area contributed by atoms with E-state index < -0.39 is 17.7 Å². The van der Waals surface area contributed by atoms with Gasteiger partial charge in [-0.1, -0.05) is 11.8 Å². The van der Waals surface area contributed by atoms with E-state index in [1.165, 1.54) is 24.4 Å². The van der Waals surface area contributed by atoms with Crippen LogP contribution in [0.1, 0.15) is 5.69 Å². The number of aromatic nitrogens is 1. The van der Waals surface area contributed by atoms with Crippen LogP contribution in [-0.4, -0.2) is 16.9 Å². The summed E-state index contributed by atoms with van der Waals surface area (Å²) in [4.78, 5) is 13.9. The van der Waals surface area contributed by atoms with E-state index >= 15 is 0 Å². The standard InChI is InChI=1S/C9H6F3NO2.Li/c10-9(11,12)8(15)5-7(14)6-3-1-2-4-13-6;/h1-5,14H;/q;+1/p-1/b7-5-;. The number of rotatable bonds is 2. The van der Waals surface area contributed by atoms with Crippen molar-refractivity contribution in [3.8, 4) is 0 Å². The minimum Gasteiger partial charge on any atom is -0.871 e. The Kier molecular flexibility index (Phi) is 5.28. The number of nitrogens with zero attached hydrogens (tertiary/aromatic N) is 1. The van der Waals surface area contributed by atoms with E-state index in [0.29, 0.717) is 0 Å². The molecule has 3 nitrogen and oxygen atoms in total. The second-order valence-electron chi connectivity index (χ2n) is 2.59. The first-order valence-electron chi connectivity index (χ1n) is 3.82. The van der Waals surface area contributed by atoms with Crippen LogP contribution in [0.2, 0.25) is 0 Å². The molecule has 1 aromatic rings. The molecule has 0 unspecified atom stereocenters. The molecule has 80 valence electrons. The third-order valence-electron chi connectivity index (χ3n) is 1.46. The summed E-state index contributed by atoms with van der Waals surface area (Å²) in [6.45, 7) is 0. The maximum atomic E-state index is 11.8. The van der Waals surface area contributed by atoms with Gasteiger partial charge in [-0.2, -0.15) is 13.2 Å². The Morgan fingerprint density at radius 3 is 2.44 bits per heavy atom. The Balaban J connectivity index is 0.00000225. The van der Waals surface area contributed by atoms with Crippen molar-refractivity contribution in [2.45, 2.75) is 6.18 Å². The number of carbonyl (C=O) groups excluding carboxylic acids is 1. The monoisotopic (exact) mass is 223 g/mol. The van der Waals surface area contributed by atoms with Crippen LogP contribution >= 0.6 is 0 Å². The van der Waals surface area contributed by atoms with E-state index in [1.54, 1.807) is 0 Å². The fourth-order valence-corrected chi connectivity index (χ4v) is 0.783. The van der Waals surface area contributed by atoms with Crippen LogP contribution in [0.3, 0.4) is 0 Å². The Morgan fingerprint density at radius 1 is 1.38 bits per heavy atom. The molecular weight excluding hydrogens is 218 g/mol. The van der Waals surface area contributed by atoms with Crippen molar-refractivity contribution in [2.75, 3.05) is 0 Å². The van der Waals surface area contributed by atoms with Gasteiger partial charge in [0, 0.05) is 6.20 Å². The number of hydrogen-bond acceptors (Lipinski definition) is 3. The first kappa shape index (κ1) is 14.7. The van der Waals surface area contributed by atoms with Crippen LogP contribution in [0.4, 0.5) is 13.2 Å². The molecule has 0 amide bonds. The zero-order chi connectivity index (χ0) is 11.5. The number of pyridine rings is 1. The summed E-state index contributed by atoms with van der Waals surface area (Å²) in [5, 5.41) is 11.1. The average molecular weight is 223 g/mol. The summed E-state index contributed by atoms with van der Waals surface area (Å²) in [6, 6.07) is 4.16. The minimum absolute atomic E-state index is 0. The molecule has 0 spiro atoms. The zero-order valence-electron chi connectivity index (χ0n) is 8.28. The number of hydrogen-bond donors (Lipinski definition) is 0. The van der Waals surface area contributed by atoms with Crippen molar-refractivity contribution in [3.05, 3.63) is 36.2 Å². The molecule has 0 radical (unpaired) electrons. The van der Waals surface area contributed by atoms with Crippen LogP contribution in [-0.2, 0) is 4.79 Å². The van der Waals surface area contributed by atoms with Crippen LogP contribution in [0.25, 0.3) is 5.76 Å². The number of allylic oxidation sites excluding steroid dienone is 1. The van der Waals surface area contributed by atoms with Gasteiger partial charge in [0.1, 0.15) is 0 Å². The van der Waals surface area contributed by atoms with Gasteiger partial charge in [0.05, 0.1) is 5.69 Å². The van der Waals surface area contributed by atoms with Gasteiger partial charge in [0.2, 0.25) is 0 Å². The molecule has 0 N–H and O–H groups in total. The predicted octanol–water partition coefficient (Wildman–Crippen LogP) is -2.08. The molecular formula is C9H5F3LiNO2. The van der Waals surface area contributed by atoms with Crippen molar-refractivity contribution in [1.82, 2.24) is 4.98 Å². The first-order chi connectivity index (χ1) is 6.91. The quantitative estimate of drug-likeness (QED) is 0.328. The number of halogens is 3. The van der Waals surface area contributed by atoms with E-state index in [4.69, 9.17) is 0 Å². The second-order valence-corrected chi connectivity index (χ2v) is 2.59. The van der Waals surface area contributed by atoms with E-state index in [-0.39, 0.29) is 30.6 Å². The molecule has 0 aliphatic carbocycles. The molecule has 0 saturated heterocycles. The summed E-state index contributed by atoms with van der Waals surface area (Å²) in [5.74, 6) is -3.24. The molecule has 0 fully saturated rings. The van der Waals surface area contributed by atoms with Gasteiger partial charge in [-0.15, -0.1) is 0 Å². The van der Waals surface area contributed by atoms with Gasteiger partial charge in [0.15, 0.2) is 0 Å². The third kappa shape index (κ3) is 4.09. The van der Waals surface area contributed by atoms with Crippen LogP contribution in [0, 0.1) is 0 Å². The van der Waals surface area contributed by atoms with Crippen molar-refractivity contribution in [1.29, 1.82) is 0 Å². The second kappa shape index (κ2) is 5.73. The zero-order valence-corrected chi connectivity index (χ0v) is 8.28. The van der Waals surface area contributed by atoms with Crippen molar-refractivity contribution >= 4 is 11.5 Å². The van der Waals surface area contributed by atoms with Gasteiger partial charge in [-0.25, -0.2) is 0 Å². The van der Waals surface area contributed by atoms with Gasteiger partial charge >= 0.3 is 25.0 Å². The number of carbonyl (C=O) groups is 1. The first-order valence-corrected chi connectivity index (χ1v) is 3.82. The number of ketones is 1. The molecule has 0 saturated carbocycles. The molecule has 1 aromatic heterocycles. The summed E-state index contributed by atoms with van der Waals surface area (Å²) < 4.78 is 35.3. The SMILES string of the molecule is O=C(/C=C(\[O-])c1ccccn1)C(F)(F)F.[Li+]. The largest absolute Gasteiger partial charge is 1.00 e. The van der Waals surface area contributed by atoms with E-state index in [2.05, 4.69) is 4.98 Å². The summed E-state index contributed by atoms with van der Waals surface area (Å²) in [7, 11) is 0. The van der Waals surface area contributed by atoms with Gasteiger partial charge in [-0.05, 0) is 18.2 Å². The third-order valence-corrected chi connectivity index (χ3v) is 1.46. The Labute approximate surface area is 101 Å². The summed E-state index contributed by atoms with van der Waals surface area (Å²) in [6.07, 6.45) is -3.79. The van der Waals surface area contributed by atoms with E-state index in [0.717, 1.165) is 0 Å². The van der Waals surface area contributed by atoms with Crippen LogP contribution in [0.5, 0.6) is 0 Å². The molecule has 0 bridgehead atoms. The van der Waals surface area contributed by atoms with Crippen LogP contribution < -0.4 is 24.0 Å². The number of alkyl halides is 3. The maximum Gasteiger partial charge on any atom is 1.00 e. The Bertz CT molecular complexity index is 389. The van der Waals surface area contributed by atoms with Crippen LogP contribution in [0.15, 0.2) is 30.5 Å². The van der Waals surface area contributed by atoms with E-state index in [9.17, 15) is 23.1 Å². The molecule has 0 aliphatic rings. The fourth-order valence-electron chi connectivity index (χ4n) is 0.783. The maximum absolute atomic E-state index is 11.8. The average Bonchev–Trinajstić information content (AvgIpc) is 2.17. The smallest absolute Gasteiger partial charge is 0.871 e. The Morgan fingerprint density at radius 2 is 2.00 bits per heavy atom. The molecule has 0 aliphatic heterocycles. The normalized spacial score (nSPS) is 11.8. The molecule has 0 atom stereocenters. The molecule has 7 heteroatoms. The van der Waals surface area contributed by atoms with Crippen molar-refractivity contribution < 1.29 is 41.9 Å². The molecule has 16 heavy (non-hydrogen) atoms. The van der Waals surface area contributed by atoms with Gasteiger partial charge in [0.25, 0.3) is 5.78 Å². The predicted molar refractivity (Wildman–Crippen MR) is 43.3 cm³/mol. The summed E-state index contributed by atoms with van der Waals surface area (Å²) >= 11 is 0. The van der Waals surface area contributed by atoms with Gasteiger partial charge < -0.3 is 5.11 Å². The molecule has 1 rings (SSSR count).